The van der Waals surface area contributed by atoms with Crippen LogP contribution in [0.5, 0.6) is 5.75 Å². The first-order chi connectivity index (χ1) is 10.3. The number of aliphatic carboxylic acids is 1. The van der Waals surface area contributed by atoms with Crippen LogP contribution >= 0.6 is 11.6 Å². The van der Waals surface area contributed by atoms with Crippen LogP contribution < -0.4 is 4.74 Å². The Bertz CT molecular complexity index is 647. The number of rotatable bonds is 5. The van der Waals surface area contributed by atoms with E-state index in [1.165, 1.54) is 13.8 Å². The topological polar surface area (TPSA) is 66.8 Å². The van der Waals surface area contributed by atoms with Crippen molar-refractivity contribution in [1.82, 2.24) is 0 Å². The van der Waals surface area contributed by atoms with Crippen molar-refractivity contribution < 1.29 is 19.7 Å². The second kappa shape index (κ2) is 6.38. The lowest BCUT2D eigenvalue weighted by Crippen LogP contribution is -2.37. The smallest absolute Gasteiger partial charge is 0.347 e. The summed E-state index contributed by atoms with van der Waals surface area (Å²) in [6.07, 6.45) is -0.779. The van der Waals surface area contributed by atoms with E-state index in [4.69, 9.17) is 21.4 Å². The summed E-state index contributed by atoms with van der Waals surface area (Å²) in [6.45, 7) is 2.96. The molecule has 5 heteroatoms. The van der Waals surface area contributed by atoms with E-state index >= 15 is 0 Å². The van der Waals surface area contributed by atoms with Crippen molar-refractivity contribution in [2.45, 2.75) is 25.6 Å². The molecule has 4 nitrogen and oxygen atoms in total. The third kappa shape index (κ3) is 3.78. The average molecular weight is 321 g/mol. The molecule has 1 atom stereocenters. The normalized spacial score (nSPS) is 12.7. The van der Waals surface area contributed by atoms with Crippen molar-refractivity contribution in [2.24, 2.45) is 0 Å². The number of aliphatic hydroxyl groups is 1. The maximum Gasteiger partial charge on any atom is 0.347 e. The fourth-order valence-electron chi connectivity index (χ4n) is 1.89. The molecule has 2 aromatic carbocycles. The highest BCUT2D eigenvalue weighted by atomic mass is 35.5. The van der Waals surface area contributed by atoms with Gasteiger partial charge in [-0.1, -0.05) is 35.9 Å². The minimum absolute atomic E-state index is 0.430. The van der Waals surface area contributed by atoms with Crippen molar-refractivity contribution in [2.75, 3.05) is 0 Å². The molecule has 0 bridgehead atoms. The van der Waals surface area contributed by atoms with Crippen LogP contribution in [0.15, 0.2) is 48.5 Å². The van der Waals surface area contributed by atoms with Crippen LogP contribution in [0.1, 0.15) is 31.1 Å². The number of hydrogen-bond acceptors (Lipinski definition) is 3. The highest BCUT2D eigenvalue weighted by Crippen LogP contribution is 2.26. The Hall–Kier alpha value is -2.04. The highest BCUT2D eigenvalue weighted by molar-refractivity contribution is 6.30. The molecule has 0 unspecified atom stereocenters. The molecule has 2 rings (SSSR count). The van der Waals surface area contributed by atoms with Gasteiger partial charge in [-0.15, -0.1) is 0 Å². The highest BCUT2D eigenvalue weighted by Gasteiger charge is 2.29. The molecule has 0 radical (unpaired) electrons. The van der Waals surface area contributed by atoms with Crippen molar-refractivity contribution in [1.29, 1.82) is 0 Å². The number of carboxylic acids is 1. The molecule has 116 valence electrons. The van der Waals surface area contributed by atoms with E-state index in [9.17, 15) is 9.90 Å². The summed E-state index contributed by atoms with van der Waals surface area (Å²) >= 11 is 5.82. The minimum atomic E-state index is -1.31. The molecule has 0 fully saturated rings. The van der Waals surface area contributed by atoms with Gasteiger partial charge in [-0.25, -0.2) is 4.79 Å². The molecule has 0 spiro atoms. The number of ether oxygens (including phenoxy) is 1. The summed E-state index contributed by atoms with van der Waals surface area (Å²) in [4.78, 5) is 11.0. The Morgan fingerprint density at radius 2 is 1.50 bits per heavy atom. The lowest BCUT2D eigenvalue weighted by Gasteiger charge is -2.21. The van der Waals surface area contributed by atoms with Crippen molar-refractivity contribution in [3.05, 3.63) is 64.7 Å². The van der Waals surface area contributed by atoms with Crippen LogP contribution in [-0.4, -0.2) is 21.8 Å². The van der Waals surface area contributed by atoms with Crippen LogP contribution in [0.25, 0.3) is 0 Å². The molecule has 0 heterocycles. The van der Waals surface area contributed by atoms with Crippen LogP contribution in [-0.2, 0) is 4.79 Å². The SMILES string of the molecule is CC(C)(Oc1ccc([C@H](O)c2ccc(Cl)cc2)cc1)C(=O)O. The summed E-state index contributed by atoms with van der Waals surface area (Å²) in [5.41, 5.74) is 0.0998. The van der Waals surface area contributed by atoms with E-state index in [2.05, 4.69) is 0 Å². The third-order valence-corrected chi connectivity index (χ3v) is 3.52. The maximum absolute atomic E-state index is 11.0. The summed E-state index contributed by atoms with van der Waals surface area (Å²) in [5.74, 6) is -0.614. The molecule has 0 amide bonds. The van der Waals surface area contributed by atoms with Crippen molar-refractivity contribution in [3.63, 3.8) is 0 Å². The molecule has 0 aliphatic rings. The number of carbonyl (C=O) groups is 1. The second-order valence-electron chi connectivity index (χ2n) is 5.44. The van der Waals surface area contributed by atoms with Gasteiger partial charge in [0.15, 0.2) is 5.60 Å². The lowest BCUT2D eigenvalue weighted by atomic mass is 10.0. The van der Waals surface area contributed by atoms with Crippen LogP contribution in [0, 0.1) is 0 Å². The van der Waals surface area contributed by atoms with Gasteiger partial charge in [-0.05, 0) is 49.2 Å². The van der Waals surface area contributed by atoms with Gasteiger partial charge in [0.05, 0.1) is 0 Å². The van der Waals surface area contributed by atoms with E-state index in [-0.39, 0.29) is 0 Å². The molecular weight excluding hydrogens is 304 g/mol. The zero-order valence-electron chi connectivity index (χ0n) is 12.3. The van der Waals surface area contributed by atoms with Crippen molar-refractivity contribution >= 4 is 17.6 Å². The number of hydrogen-bond donors (Lipinski definition) is 2. The molecule has 0 aliphatic carbocycles. The monoisotopic (exact) mass is 320 g/mol. The summed E-state index contributed by atoms with van der Waals surface area (Å²) < 4.78 is 5.42. The maximum atomic E-state index is 11.0. The summed E-state index contributed by atoms with van der Waals surface area (Å²) in [5, 5.41) is 20.0. The first-order valence-corrected chi connectivity index (χ1v) is 7.13. The Kier molecular flexibility index (Phi) is 4.74. The Labute approximate surface area is 133 Å². The molecular formula is C17H17ClO4. The molecule has 0 aromatic heterocycles. The van der Waals surface area contributed by atoms with Crippen LogP contribution in [0.2, 0.25) is 5.02 Å². The van der Waals surface area contributed by atoms with E-state index in [1.807, 2.05) is 0 Å². The Morgan fingerprint density at radius 1 is 1.05 bits per heavy atom. The molecule has 22 heavy (non-hydrogen) atoms. The summed E-state index contributed by atoms with van der Waals surface area (Å²) in [7, 11) is 0. The van der Waals surface area contributed by atoms with Gasteiger partial charge in [0.2, 0.25) is 0 Å². The van der Waals surface area contributed by atoms with Crippen LogP contribution in [0.3, 0.4) is 0 Å². The summed E-state index contributed by atoms with van der Waals surface area (Å²) in [6, 6.07) is 13.6. The predicted molar refractivity (Wildman–Crippen MR) is 84.3 cm³/mol. The largest absolute Gasteiger partial charge is 0.478 e. The van der Waals surface area contributed by atoms with Gasteiger partial charge in [0.25, 0.3) is 0 Å². The van der Waals surface area contributed by atoms with E-state index in [0.29, 0.717) is 16.3 Å². The molecule has 0 saturated heterocycles. The average Bonchev–Trinajstić information content (AvgIpc) is 2.47. The van der Waals surface area contributed by atoms with E-state index < -0.39 is 17.7 Å². The van der Waals surface area contributed by atoms with Gasteiger partial charge < -0.3 is 14.9 Å². The second-order valence-corrected chi connectivity index (χ2v) is 5.88. The first kappa shape index (κ1) is 16.3. The zero-order valence-corrected chi connectivity index (χ0v) is 13.0. The van der Waals surface area contributed by atoms with Gasteiger partial charge in [0.1, 0.15) is 11.9 Å². The third-order valence-electron chi connectivity index (χ3n) is 3.27. The Balaban J connectivity index is 2.15. The van der Waals surface area contributed by atoms with Gasteiger partial charge >= 0.3 is 5.97 Å². The van der Waals surface area contributed by atoms with Gasteiger partial charge in [0, 0.05) is 5.02 Å². The Morgan fingerprint density at radius 3 is 1.95 bits per heavy atom. The fraction of sp³-hybridized carbons (Fsp3) is 0.235. The number of benzene rings is 2. The molecule has 2 aromatic rings. The number of aliphatic hydroxyl groups excluding tert-OH is 1. The fourth-order valence-corrected chi connectivity index (χ4v) is 2.02. The first-order valence-electron chi connectivity index (χ1n) is 6.75. The number of carboxylic acid groups (broad SMARTS) is 1. The quantitative estimate of drug-likeness (QED) is 0.882. The molecule has 0 saturated carbocycles. The minimum Gasteiger partial charge on any atom is -0.478 e. The molecule has 0 aliphatic heterocycles. The molecule has 2 N–H and O–H groups in total. The van der Waals surface area contributed by atoms with E-state index in [1.54, 1.807) is 48.5 Å². The lowest BCUT2D eigenvalue weighted by molar-refractivity contribution is -0.152. The van der Waals surface area contributed by atoms with Crippen LogP contribution in [0.4, 0.5) is 0 Å². The standard InChI is InChI=1S/C17H17ClO4/c1-17(2,16(20)21)22-14-9-5-12(6-10-14)15(19)11-3-7-13(18)8-4-11/h3-10,15,19H,1-2H3,(H,20,21)/t15-/m1/s1. The van der Waals surface area contributed by atoms with Crippen molar-refractivity contribution in [3.8, 4) is 5.75 Å². The predicted octanol–water partition coefficient (Wildman–Crippen LogP) is 3.66. The van der Waals surface area contributed by atoms with E-state index in [0.717, 1.165) is 5.56 Å². The zero-order chi connectivity index (χ0) is 16.3. The van der Waals surface area contributed by atoms with Gasteiger partial charge in [-0.2, -0.15) is 0 Å². The van der Waals surface area contributed by atoms with Gasteiger partial charge in [-0.3, -0.25) is 0 Å². The number of halogens is 1.